The van der Waals surface area contributed by atoms with Gasteiger partial charge in [0.2, 0.25) is 11.8 Å². The molecule has 1 atom stereocenters. The zero-order valence-corrected chi connectivity index (χ0v) is 19.3. The normalized spacial score (nSPS) is 20.6. The Labute approximate surface area is 198 Å². The van der Waals surface area contributed by atoms with Crippen LogP contribution < -0.4 is 14.8 Å². The predicted octanol–water partition coefficient (Wildman–Crippen LogP) is 2.37. The lowest BCUT2D eigenvalue weighted by Crippen LogP contribution is -2.58. The molecule has 3 amide bonds. The summed E-state index contributed by atoms with van der Waals surface area (Å²) in [5, 5.41) is 2.99. The van der Waals surface area contributed by atoms with E-state index in [9.17, 15) is 14.4 Å². The van der Waals surface area contributed by atoms with Gasteiger partial charge < -0.3 is 24.6 Å². The Balaban J connectivity index is 1.27. The molecule has 1 N–H and O–H groups in total. The average molecular weight is 464 g/mol. The van der Waals surface area contributed by atoms with Crippen molar-refractivity contribution in [2.24, 2.45) is 0 Å². The zero-order chi connectivity index (χ0) is 23.7. The van der Waals surface area contributed by atoms with Crippen LogP contribution in [0.3, 0.4) is 0 Å². The third-order valence-electron chi connectivity index (χ3n) is 7.12. The van der Waals surface area contributed by atoms with Gasteiger partial charge in [-0.3, -0.25) is 14.4 Å². The van der Waals surface area contributed by atoms with E-state index in [1.54, 1.807) is 11.8 Å². The molecule has 8 nitrogen and oxygen atoms in total. The molecule has 3 heterocycles. The smallest absolute Gasteiger partial charge is 0.254 e. The molecular weight excluding hydrogens is 434 g/mol. The van der Waals surface area contributed by atoms with Gasteiger partial charge in [0, 0.05) is 32.1 Å². The van der Waals surface area contributed by atoms with Crippen molar-refractivity contribution < 1.29 is 23.9 Å². The van der Waals surface area contributed by atoms with Crippen molar-refractivity contribution in [3.8, 4) is 11.5 Å². The minimum Gasteiger partial charge on any atom is -0.486 e. The lowest BCUT2D eigenvalue weighted by atomic mass is 9.82. The highest BCUT2D eigenvalue weighted by molar-refractivity contribution is 5.99. The number of benzene rings is 2. The van der Waals surface area contributed by atoms with E-state index in [-0.39, 0.29) is 30.2 Å². The van der Waals surface area contributed by atoms with Crippen LogP contribution in [0.4, 0.5) is 0 Å². The van der Waals surface area contributed by atoms with E-state index in [2.05, 4.69) is 5.32 Å². The zero-order valence-electron chi connectivity index (χ0n) is 19.3. The maximum Gasteiger partial charge on any atom is 0.254 e. The van der Waals surface area contributed by atoms with Gasteiger partial charge >= 0.3 is 0 Å². The van der Waals surface area contributed by atoms with Gasteiger partial charge in [0.15, 0.2) is 11.5 Å². The van der Waals surface area contributed by atoms with Crippen molar-refractivity contribution in [1.29, 1.82) is 0 Å². The van der Waals surface area contributed by atoms with E-state index in [1.807, 2.05) is 53.4 Å². The monoisotopic (exact) mass is 463 g/mol. The molecular formula is C26H29N3O5. The van der Waals surface area contributed by atoms with Crippen LogP contribution in [0.5, 0.6) is 11.5 Å². The second-order valence-electron chi connectivity index (χ2n) is 9.26. The third-order valence-corrected chi connectivity index (χ3v) is 7.12. The van der Waals surface area contributed by atoms with Gasteiger partial charge in [-0.25, -0.2) is 0 Å². The number of nitrogens with one attached hydrogen (secondary N) is 1. The Morgan fingerprint density at radius 3 is 2.50 bits per heavy atom. The largest absolute Gasteiger partial charge is 0.486 e. The van der Waals surface area contributed by atoms with Gasteiger partial charge in [0.25, 0.3) is 5.91 Å². The molecule has 34 heavy (non-hydrogen) atoms. The highest BCUT2D eigenvalue weighted by Gasteiger charge is 2.47. The SMILES string of the molecule is CC(=O)N1CCC(CC(=O)NCC2COc3ccccc3O2)(N2Cc3ccccc3C2=O)CC1. The first-order chi connectivity index (χ1) is 16.4. The Bertz CT molecular complexity index is 1110. The maximum absolute atomic E-state index is 13.3. The number of fused-ring (bicyclic) bond motifs is 2. The van der Waals surface area contributed by atoms with E-state index < -0.39 is 5.54 Å². The molecule has 5 rings (SSSR count). The quantitative estimate of drug-likeness (QED) is 0.736. The van der Waals surface area contributed by atoms with Gasteiger partial charge in [-0.15, -0.1) is 0 Å². The molecule has 2 aromatic rings. The van der Waals surface area contributed by atoms with Gasteiger partial charge in [0.1, 0.15) is 12.7 Å². The average Bonchev–Trinajstić information content (AvgIpc) is 3.20. The number of amides is 3. The summed E-state index contributed by atoms with van der Waals surface area (Å²) in [6, 6.07) is 15.1. The number of hydrogen-bond acceptors (Lipinski definition) is 5. The molecule has 0 bridgehead atoms. The fraction of sp³-hybridized carbons (Fsp3) is 0.423. The first-order valence-electron chi connectivity index (χ1n) is 11.8. The van der Waals surface area contributed by atoms with Crippen LogP contribution >= 0.6 is 0 Å². The summed E-state index contributed by atoms with van der Waals surface area (Å²) in [6.45, 7) is 3.77. The lowest BCUT2D eigenvalue weighted by Gasteiger charge is -2.47. The summed E-state index contributed by atoms with van der Waals surface area (Å²) in [4.78, 5) is 42.0. The number of carbonyl (C=O) groups excluding carboxylic acids is 3. The summed E-state index contributed by atoms with van der Waals surface area (Å²) in [7, 11) is 0. The fourth-order valence-electron chi connectivity index (χ4n) is 5.17. The number of nitrogens with zero attached hydrogens (tertiary/aromatic N) is 2. The Hall–Kier alpha value is -3.55. The number of likely N-dealkylation sites (tertiary alicyclic amines) is 1. The van der Waals surface area contributed by atoms with Crippen LogP contribution in [0, 0.1) is 0 Å². The summed E-state index contributed by atoms with van der Waals surface area (Å²) in [5.41, 5.74) is 1.04. The fourth-order valence-corrected chi connectivity index (χ4v) is 5.17. The van der Waals surface area contributed by atoms with Gasteiger partial charge in [0.05, 0.1) is 18.5 Å². The van der Waals surface area contributed by atoms with Crippen LogP contribution in [-0.2, 0) is 16.1 Å². The minimum absolute atomic E-state index is 0.0174. The first kappa shape index (κ1) is 22.3. The van der Waals surface area contributed by atoms with Crippen LogP contribution in [-0.4, -0.2) is 65.4 Å². The molecule has 3 aliphatic rings. The van der Waals surface area contributed by atoms with Crippen molar-refractivity contribution in [3.63, 3.8) is 0 Å². The second-order valence-corrected chi connectivity index (χ2v) is 9.26. The van der Waals surface area contributed by atoms with E-state index in [1.165, 1.54) is 0 Å². The Morgan fingerprint density at radius 2 is 1.76 bits per heavy atom. The topological polar surface area (TPSA) is 88.2 Å². The van der Waals surface area contributed by atoms with Crippen LogP contribution in [0.1, 0.15) is 42.1 Å². The first-order valence-corrected chi connectivity index (χ1v) is 11.8. The summed E-state index contributed by atoms with van der Waals surface area (Å²) >= 11 is 0. The lowest BCUT2D eigenvalue weighted by molar-refractivity contribution is -0.132. The molecule has 0 aromatic heterocycles. The molecule has 0 aliphatic carbocycles. The van der Waals surface area contributed by atoms with Crippen molar-refractivity contribution in [2.45, 2.75) is 44.4 Å². The number of carbonyl (C=O) groups is 3. The van der Waals surface area contributed by atoms with E-state index in [0.717, 1.165) is 5.56 Å². The highest BCUT2D eigenvalue weighted by atomic mass is 16.6. The molecule has 2 aromatic carbocycles. The van der Waals surface area contributed by atoms with Crippen molar-refractivity contribution in [1.82, 2.24) is 15.1 Å². The molecule has 1 saturated heterocycles. The third kappa shape index (κ3) is 4.20. The van der Waals surface area contributed by atoms with E-state index in [4.69, 9.17) is 9.47 Å². The van der Waals surface area contributed by atoms with Gasteiger partial charge in [-0.05, 0) is 36.6 Å². The second kappa shape index (κ2) is 9.00. The Morgan fingerprint density at radius 1 is 1.06 bits per heavy atom. The number of rotatable bonds is 5. The molecule has 8 heteroatoms. The number of ether oxygens (including phenoxy) is 2. The predicted molar refractivity (Wildman–Crippen MR) is 125 cm³/mol. The highest BCUT2D eigenvalue weighted by Crippen LogP contribution is 2.38. The van der Waals surface area contributed by atoms with Gasteiger partial charge in [-0.2, -0.15) is 0 Å². The minimum atomic E-state index is -0.636. The number of para-hydroxylation sites is 2. The van der Waals surface area contributed by atoms with Crippen molar-refractivity contribution in [3.05, 3.63) is 59.7 Å². The van der Waals surface area contributed by atoms with Crippen LogP contribution in [0.25, 0.3) is 0 Å². The molecule has 0 spiro atoms. The van der Waals surface area contributed by atoms with Crippen molar-refractivity contribution >= 4 is 17.7 Å². The molecule has 0 radical (unpaired) electrons. The number of hydrogen-bond donors (Lipinski definition) is 1. The molecule has 1 unspecified atom stereocenters. The molecule has 0 saturated carbocycles. The molecule has 3 aliphatic heterocycles. The van der Waals surface area contributed by atoms with E-state index >= 15 is 0 Å². The molecule has 1 fully saturated rings. The summed E-state index contributed by atoms with van der Waals surface area (Å²) in [6.07, 6.45) is 1.03. The standard InChI is InChI=1S/C26H29N3O5/c1-18(30)28-12-10-26(11-13-28,29-16-19-6-2-3-7-21(19)25(29)32)14-24(31)27-15-20-17-33-22-8-4-5-9-23(22)34-20/h2-9,20H,10-17H2,1H3,(H,27,31). The summed E-state index contributed by atoms with van der Waals surface area (Å²) < 4.78 is 11.7. The van der Waals surface area contributed by atoms with Crippen LogP contribution in [0.15, 0.2) is 48.5 Å². The maximum atomic E-state index is 13.3. The summed E-state index contributed by atoms with van der Waals surface area (Å²) in [5.74, 6) is 1.21. The number of piperidine rings is 1. The van der Waals surface area contributed by atoms with Crippen molar-refractivity contribution in [2.75, 3.05) is 26.2 Å². The Kier molecular flexibility index (Phi) is 5.89. The van der Waals surface area contributed by atoms with E-state index in [0.29, 0.717) is 62.7 Å². The molecule has 178 valence electrons. The van der Waals surface area contributed by atoms with Gasteiger partial charge in [-0.1, -0.05) is 30.3 Å². The van der Waals surface area contributed by atoms with Crippen LogP contribution in [0.2, 0.25) is 0 Å².